The van der Waals surface area contributed by atoms with E-state index in [4.69, 9.17) is 0 Å². The lowest BCUT2D eigenvalue weighted by atomic mass is 10.2. The van der Waals surface area contributed by atoms with Gasteiger partial charge in [0.05, 0.1) is 5.56 Å². The van der Waals surface area contributed by atoms with Crippen LogP contribution in [0.2, 0.25) is 0 Å². The number of carbonyl (C=O) groups excluding carboxylic acids is 2. The summed E-state index contributed by atoms with van der Waals surface area (Å²) < 4.78 is 0. The van der Waals surface area contributed by atoms with Crippen LogP contribution in [0.25, 0.3) is 0 Å². The van der Waals surface area contributed by atoms with Crippen molar-refractivity contribution in [3.05, 3.63) is 53.7 Å². The number of likely N-dealkylation sites (N-methyl/N-ethyl adjacent to an activating group) is 1. The number of nitrogens with zero attached hydrogens (tertiary/aromatic N) is 1. The molecule has 0 saturated carbocycles. The second-order valence-corrected chi connectivity index (χ2v) is 6.42. The Hall–Kier alpha value is -2.34. The topological polar surface area (TPSA) is 71.1 Å². The Morgan fingerprint density at radius 3 is 2.58 bits per heavy atom. The zero-order valence-electron chi connectivity index (χ0n) is 14.0. The van der Waals surface area contributed by atoms with E-state index in [1.54, 1.807) is 25.3 Å². The number of hydrogen-bond donors (Lipinski definition) is 2. The van der Waals surface area contributed by atoms with Gasteiger partial charge in [-0.1, -0.05) is 29.5 Å². The number of benzene rings is 1. The second kappa shape index (κ2) is 8.49. The number of nitrogens with one attached hydrogen (secondary N) is 2. The van der Waals surface area contributed by atoms with Gasteiger partial charge in [-0.3, -0.25) is 9.59 Å². The van der Waals surface area contributed by atoms with E-state index in [0.717, 1.165) is 4.90 Å². The molecule has 2 amide bonds. The summed E-state index contributed by atoms with van der Waals surface area (Å²) in [4.78, 5) is 29.6. The van der Waals surface area contributed by atoms with Gasteiger partial charge in [-0.15, -0.1) is 0 Å². The lowest BCUT2D eigenvalue weighted by Gasteiger charge is -2.14. The van der Waals surface area contributed by atoms with Crippen molar-refractivity contribution >= 4 is 23.6 Å². The van der Waals surface area contributed by atoms with E-state index in [1.165, 1.54) is 17.3 Å². The molecule has 126 valence electrons. The highest BCUT2D eigenvalue weighted by Gasteiger charge is 2.19. The van der Waals surface area contributed by atoms with Crippen LogP contribution in [-0.2, 0) is 4.79 Å². The van der Waals surface area contributed by atoms with Crippen molar-refractivity contribution in [3.63, 3.8) is 0 Å². The largest absolute Gasteiger partial charge is 0.355 e. The molecule has 0 aliphatic carbocycles. The molecule has 6 heteroatoms. The Kier molecular flexibility index (Phi) is 6.37. The zero-order chi connectivity index (χ0) is 17.5. The van der Waals surface area contributed by atoms with Crippen LogP contribution in [0, 0.1) is 6.92 Å². The fourth-order valence-electron chi connectivity index (χ4n) is 2.03. The molecule has 24 heavy (non-hydrogen) atoms. The minimum atomic E-state index is -0.602. The first-order chi connectivity index (χ1) is 11.5. The van der Waals surface area contributed by atoms with Crippen molar-refractivity contribution in [1.29, 1.82) is 0 Å². The van der Waals surface area contributed by atoms with Gasteiger partial charge < -0.3 is 10.6 Å². The predicted molar refractivity (Wildman–Crippen MR) is 95.2 cm³/mol. The first-order valence-electron chi connectivity index (χ1n) is 7.79. The third-order valence-electron chi connectivity index (χ3n) is 3.34. The molecular weight excluding hydrogens is 322 g/mol. The standard InChI is InChI=1S/C18H21N3O2S/c1-4-19-16(22)13(3)21-17(23)15-6-5-11-20-18(15)24-14-9-7-12(2)8-10-14/h5-11,13H,4H2,1-3H3,(H,19,22)(H,21,23)/t13-/m1/s1. The van der Waals surface area contributed by atoms with E-state index in [1.807, 2.05) is 38.1 Å². The van der Waals surface area contributed by atoms with Crippen LogP contribution in [0.15, 0.2) is 52.5 Å². The Balaban J connectivity index is 2.14. The smallest absolute Gasteiger partial charge is 0.254 e. The first-order valence-corrected chi connectivity index (χ1v) is 8.61. The van der Waals surface area contributed by atoms with Crippen molar-refractivity contribution in [2.24, 2.45) is 0 Å². The minimum Gasteiger partial charge on any atom is -0.355 e. The molecule has 5 nitrogen and oxygen atoms in total. The SMILES string of the molecule is CCNC(=O)[C@@H](C)NC(=O)c1cccnc1Sc1ccc(C)cc1. The molecule has 1 aromatic carbocycles. The van der Waals surface area contributed by atoms with E-state index < -0.39 is 6.04 Å². The van der Waals surface area contributed by atoms with Crippen LogP contribution >= 0.6 is 11.8 Å². The fraction of sp³-hybridized carbons (Fsp3) is 0.278. The van der Waals surface area contributed by atoms with Gasteiger partial charge in [0.1, 0.15) is 11.1 Å². The summed E-state index contributed by atoms with van der Waals surface area (Å²) in [6.45, 7) is 6.05. The van der Waals surface area contributed by atoms with E-state index >= 15 is 0 Å². The summed E-state index contributed by atoms with van der Waals surface area (Å²) in [5.41, 5.74) is 1.63. The molecule has 0 spiro atoms. The molecule has 0 saturated heterocycles. The number of aryl methyl sites for hydroxylation is 1. The Morgan fingerprint density at radius 2 is 1.92 bits per heavy atom. The highest BCUT2D eigenvalue weighted by atomic mass is 32.2. The third-order valence-corrected chi connectivity index (χ3v) is 4.37. The predicted octanol–water partition coefficient (Wildman–Crippen LogP) is 2.80. The van der Waals surface area contributed by atoms with Crippen molar-refractivity contribution in [2.75, 3.05) is 6.54 Å². The van der Waals surface area contributed by atoms with Crippen LogP contribution in [0.3, 0.4) is 0 Å². The van der Waals surface area contributed by atoms with Crippen LogP contribution in [0.1, 0.15) is 29.8 Å². The lowest BCUT2D eigenvalue weighted by Crippen LogP contribution is -2.44. The number of hydrogen-bond acceptors (Lipinski definition) is 4. The molecule has 0 bridgehead atoms. The highest BCUT2D eigenvalue weighted by Crippen LogP contribution is 2.28. The summed E-state index contributed by atoms with van der Waals surface area (Å²) in [6.07, 6.45) is 1.65. The molecule has 1 atom stereocenters. The number of aromatic nitrogens is 1. The van der Waals surface area contributed by atoms with Gasteiger partial charge in [-0.05, 0) is 45.0 Å². The molecule has 0 radical (unpaired) electrons. The molecule has 1 heterocycles. The monoisotopic (exact) mass is 343 g/mol. The van der Waals surface area contributed by atoms with Crippen molar-refractivity contribution in [3.8, 4) is 0 Å². The van der Waals surface area contributed by atoms with Crippen LogP contribution < -0.4 is 10.6 Å². The lowest BCUT2D eigenvalue weighted by molar-refractivity contribution is -0.122. The molecule has 1 aromatic heterocycles. The van der Waals surface area contributed by atoms with Crippen LogP contribution in [0.4, 0.5) is 0 Å². The maximum atomic E-state index is 12.5. The normalized spacial score (nSPS) is 11.6. The van der Waals surface area contributed by atoms with Gasteiger partial charge >= 0.3 is 0 Å². The summed E-state index contributed by atoms with van der Waals surface area (Å²) in [5, 5.41) is 6.01. The fourth-order valence-corrected chi connectivity index (χ4v) is 2.91. The average Bonchev–Trinajstić information content (AvgIpc) is 2.57. The number of carbonyl (C=O) groups is 2. The first kappa shape index (κ1) is 18.0. The molecule has 0 fully saturated rings. The maximum Gasteiger partial charge on any atom is 0.254 e. The Labute approximate surface area is 146 Å². The number of amides is 2. The van der Waals surface area contributed by atoms with E-state index in [-0.39, 0.29) is 11.8 Å². The van der Waals surface area contributed by atoms with Gasteiger partial charge in [0.25, 0.3) is 5.91 Å². The van der Waals surface area contributed by atoms with Crippen LogP contribution in [-0.4, -0.2) is 29.4 Å². The molecule has 2 N–H and O–H groups in total. The second-order valence-electron chi connectivity index (χ2n) is 5.36. The summed E-state index contributed by atoms with van der Waals surface area (Å²) >= 11 is 1.42. The zero-order valence-corrected chi connectivity index (χ0v) is 14.8. The van der Waals surface area contributed by atoms with E-state index in [9.17, 15) is 9.59 Å². The quantitative estimate of drug-likeness (QED) is 0.846. The van der Waals surface area contributed by atoms with E-state index in [2.05, 4.69) is 15.6 Å². The average molecular weight is 343 g/mol. The van der Waals surface area contributed by atoms with Crippen molar-refractivity contribution in [2.45, 2.75) is 36.7 Å². The Morgan fingerprint density at radius 1 is 1.21 bits per heavy atom. The number of pyridine rings is 1. The van der Waals surface area contributed by atoms with Crippen molar-refractivity contribution in [1.82, 2.24) is 15.6 Å². The molecule has 0 aliphatic rings. The molecule has 2 rings (SSSR count). The van der Waals surface area contributed by atoms with E-state index in [0.29, 0.717) is 17.1 Å². The summed E-state index contributed by atoms with van der Waals surface area (Å²) in [5.74, 6) is -0.515. The molecular formula is C18H21N3O2S. The summed E-state index contributed by atoms with van der Waals surface area (Å²) in [6, 6.07) is 10.8. The van der Waals surface area contributed by atoms with Gasteiger partial charge in [0.15, 0.2) is 0 Å². The van der Waals surface area contributed by atoms with Crippen molar-refractivity contribution < 1.29 is 9.59 Å². The third kappa shape index (κ3) is 4.83. The maximum absolute atomic E-state index is 12.5. The van der Waals surface area contributed by atoms with Gasteiger partial charge in [0, 0.05) is 17.6 Å². The van der Waals surface area contributed by atoms with Gasteiger partial charge in [-0.2, -0.15) is 0 Å². The van der Waals surface area contributed by atoms with Gasteiger partial charge in [-0.25, -0.2) is 4.98 Å². The molecule has 0 unspecified atom stereocenters. The minimum absolute atomic E-state index is 0.206. The molecule has 2 aromatic rings. The number of rotatable bonds is 6. The van der Waals surface area contributed by atoms with Crippen LogP contribution in [0.5, 0.6) is 0 Å². The van der Waals surface area contributed by atoms with Gasteiger partial charge in [0.2, 0.25) is 5.91 Å². The highest BCUT2D eigenvalue weighted by molar-refractivity contribution is 7.99. The Bertz CT molecular complexity index is 716. The summed E-state index contributed by atoms with van der Waals surface area (Å²) in [7, 11) is 0. The molecule has 0 aliphatic heterocycles.